The van der Waals surface area contributed by atoms with Gasteiger partial charge in [0.05, 0.1) is 43.1 Å². The number of rotatable bonds is 6. The molecule has 9 heteroatoms. The summed E-state index contributed by atoms with van der Waals surface area (Å²) in [7, 11) is 3.05. The van der Waals surface area contributed by atoms with Crippen LogP contribution in [-0.4, -0.2) is 31.3 Å². The summed E-state index contributed by atoms with van der Waals surface area (Å²) in [5, 5.41) is 9.49. The van der Waals surface area contributed by atoms with Crippen molar-refractivity contribution in [3.8, 4) is 39.7 Å². The van der Waals surface area contributed by atoms with Crippen LogP contribution < -0.4 is 19.6 Å². The molecule has 40 heavy (non-hydrogen) atoms. The molecule has 3 heterocycles. The number of hydrogen-bond acceptors (Lipinski definition) is 8. The zero-order valence-corrected chi connectivity index (χ0v) is 21.4. The second-order valence-electron chi connectivity index (χ2n) is 9.22. The Morgan fingerprint density at radius 2 is 1.65 bits per heavy atom. The Labute approximate surface area is 227 Å². The number of methoxy groups -OCH3 is 2. The number of furan rings is 1. The summed E-state index contributed by atoms with van der Waals surface area (Å²) in [4.78, 5) is 37.3. The summed E-state index contributed by atoms with van der Waals surface area (Å²) >= 11 is 0. The van der Waals surface area contributed by atoms with Gasteiger partial charge in [0.25, 0.3) is 0 Å². The molecule has 1 N–H and O–H groups in total. The molecule has 0 aliphatic carbocycles. The fourth-order valence-corrected chi connectivity index (χ4v) is 4.97. The van der Waals surface area contributed by atoms with Crippen LogP contribution in [0.15, 0.2) is 86.6 Å². The maximum Gasteiger partial charge on any atom is 0.335 e. The number of carbonyl (C=O) groups excluding carboxylic acids is 1. The van der Waals surface area contributed by atoms with Crippen LogP contribution in [0.3, 0.4) is 0 Å². The Morgan fingerprint density at radius 3 is 2.38 bits per heavy atom. The highest BCUT2D eigenvalue weighted by atomic mass is 16.5. The lowest BCUT2D eigenvalue weighted by atomic mass is 9.88. The Hall–Kier alpha value is -5.31. The molecule has 1 unspecified atom stereocenters. The summed E-state index contributed by atoms with van der Waals surface area (Å²) in [6.07, 6.45) is 1.37. The molecular formula is C31H22O9. The van der Waals surface area contributed by atoms with Gasteiger partial charge in [-0.05, 0) is 54.1 Å². The third-order valence-electron chi connectivity index (χ3n) is 6.96. The molecule has 9 nitrogen and oxygen atoms in total. The first kappa shape index (κ1) is 25.0. The van der Waals surface area contributed by atoms with Crippen molar-refractivity contribution >= 4 is 22.9 Å². The number of aromatic carboxylic acids is 1. The summed E-state index contributed by atoms with van der Waals surface area (Å²) in [6.45, 7) is 0. The zero-order chi connectivity index (χ0) is 28.0. The number of ether oxygens (including phenoxy) is 3. The molecule has 0 saturated heterocycles. The molecule has 200 valence electrons. The van der Waals surface area contributed by atoms with Gasteiger partial charge in [-0.2, -0.15) is 0 Å². The molecule has 5 aromatic rings. The number of carbonyl (C=O) groups is 2. The molecule has 1 aliphatic heterocycles. The fraction of sp³-hybridized carbons (Fsp3) is 0.129. The number of esters is 1. The lowest BCUT2D eigenvalue weighted by Gasteiger charge is -2.23. The second-order valence-corrected chi connectivity index (χ2v) is 9.22. The monoisotopic (exact) mass is 538 g/mol. The largest absolute Gasteiger partial charge is 0.493 e. The van der Waals surface area contributed by atoms with E-state index in [2.05, 4.69) is 0 Å². The highest BCUT2D eigenvalue weighted by Crippen LogP contribution is 2.44. The third-order valence-corrected chi connectivity index (χ3v) is 6.96. The van der Waals surface area contributed by atoms with Crippen LogP contribution in [0.4, 0.5) is 0 Å². The first-order chi connectivity index (χ1) is 19.4. The molecule has 0 radical (unpaired) electrons. The number of fused-ring (bicyclic) bond motifs is 3. The van der Waals surface area contributed by atoms with E-state index in [0.29, 0.717) is 62.0 Å². The lowest BCUT2D eigenvalue weighted by Crippen LogP contribution is -2.21. The molecule has 0 fully saturated rings. The van der Waals surface area contributed by atoms with Gasteiger partial charge in [-0.15, -0.1) is 0 Å². The van der Waals surface area contributed by atoms with Crippen molar-refractivity contribution in [2.45, 2.75) is 12.3 Å². The normalized spacial score (nSPS) is 14.4. The van der Waals surface area contributed by atoms with Gasteiger partial charge in [-0.3, -0.25) is 9.59 Å². The Balaban J connectivity index is 1.44. The van der Waals surface area contributed by atoms with Crippen LogP contribution in [0.25, 0.3) is 33.4 Å². The van der Waals surface area contributed by atoms with Crippen molar-refractivity contribution in [2.75, 3.05) is 14.2 Å². The van der Waals surface area contributed by atoms with Crippen LogP contribution >= 0.6 is 0 Å². The van der Waals surface area contributed by atoms with Gasteiger partial charge in [0, 0.05) is 11.1 Å². The lowest BCUT2D eigenvalue weighted by molar-refractivity contribution is -0.135. The number of hydrogen-bond donors (Lipinski definition) is 1. The Kier molecular flexibility index (Phi) is 6.11. The van der Waals surface area contributed by atoms with Crippen molar-refractivity contribution in [3.05, 3.63) is 100 Å². The summed E-state index contributed by atoms with van der Waals surface area (Å²) in [5.74, 6) is 0.256. The Morgan fingerprint density at radius 1 is 0.900 bits per heavy atom. The quantitative estimate of drug-likeness (QED) is 0.208. The van der Waals surface area contributed by atoms with Gasteiger partial charge < -0.3 is 28.2 Å². The van der Waals surface area contributed by atoms with Gasteiger partial charge >= 0.3 is 11.9 Å². The minimum atomic E-state index is -1.02. The molecule has 1 aliphatic rings. The van der Waals surface area contributed by atoms with Crippen molar-refractivity contribution in [1.82, 2.24) is 0 Å². The van der Waals surface area contributed by atoms with Crippen LogP contribution in [0.5, 0.6) is 17.2 Å². The SMILES string of the molecule is COc1ccc(-c2coc3c4c(ccc3c2=O)OC(=O)CC4c2ccc(-c3ccc(C(=O)O)cc3)o2)cc1OC. The van der Waals surface area contributed by atoms with E-state index >= 15 is 0 Å². The first-order valence-corrected chi connectivity index (χ1v) is 12.3. The molecule has 0 saturated carbocycles. The molecule has 0 bridgehead atoms. The maximum absolute atomic E-state index is 13.6. The zero-order valence-electron chi connectivity index (χ0n) is 21.4. The smallest absolute Gasteiger partial charge is 0.335 e. The van der Waals surface area contributed by atoms with Crippen LogP contribution in [-0.2, 0) is 4.79 Å². The van der Waals surface area contributed by atoms with E-state index in [9.17, 15) is 14.4 Å². The fourth-order valence-electron chi connectivity index (χ4n) is 4.97. The van der Waals surface area contributed by atoms with Gasteiger partial charge in [0.1, 0.15) is 29.1 Å². The van der Waals surface area contributed by atoms with E-state index < -0.39 is 17.9 Å². The predicted octanol–water partition coefficient (Wildman–Crippen LogP) is 5.88. The van der Waals surface area contributed by atoms with Gasteiger partial charge in [0.2, 0.25) is 5.43 Å². The minimum Gasteiger partial charge on any atom is -0.493 e. The van der Waals surface area contributed by atoms with E-state index in [1.54, 1.807) is 54.6 Å². The molecule has 0 spiro atoms. The molecule has 3 aromatic carbocycles. The molecule has 0 amide bonds. The molecule has 1 atom stereocenters. The first-order valence-electron chi connectivity index (χ1n) is 12.3. The average molecular weight is 539 g/mol. The molecule has 6 rings (SSSR count). The second kappa shape index (κ2) is 9.77. The van der Waals surface area contributed by atoms with E-state index in [1.807, 2.05) is 0 Å². The van der Waals surface area contributed by atoms with E-state index in [4.69, 9.17) is 28.2 Å². The molecule has 2 aromatic heterocycles. The van der Waals surface area contributed by atoms with E-state index in [-0.39, 0.29) is 17.4 Å². The van der Waals surface area contributed by atoms with Gasteiger partial charge in [-0.1, -0.05) is 18.2 Å². The minimum absolute atomic E-state index is 0.0157. The van der Waals surface area contributed by atoms with Gasteiger partial charge in [-0.25, -0.2) is 4.79 Å². The highest BCUT2D eigenvalue weighted by molar-refractivity contribution is 5.90. The summed E-state index contributed by atoms with van der Waals surface area (Å²) in [6, 6.07) is 18.1. The standard InChI is InChI=1S/C31H22O9/c1-36-24-9-7-18(13-26(24)37-2)21-15-38-30-19(29(21)33)8-10-25-28(30)20(14-27(32)40-25)23-12-11-22(39-23)16-3-5-17(6-4-16)31(34)35/h3-13,15,20H,14H2,1-2H3,(H,34,35). The van der Waals surface area contributed by atoms with Crippen molar-refractivity contribution < 1.29 is 37.7 Å². The van der Waals surface area contributed by atoms with Crippen LogP contribution in [0.2, 0.25) is 0 Å². The highest BCUT2D eigenvalue weighted by Gasteiger charge is 2.34. The summed E-state index contributed by atoms with van der Waals surface area (Å²) < 4.78 is 28.4. The summed E-state index contributed by atoms with van der Waals surface area (Å²) in [5.41, 5.74) is 2.35. The van der Waals surface area contributed by atoms with Crippen LogP contribution in [0, 0.1) is 0 Å². The predicted molar refractivity (Wildman–Crippen MR) is 144 cm³/mol. The van der Waals surface area contributed by atoms with Crippen molar-refractivity contribution in [2.24, 2.45) is 0 Å². The topological polar surface area (TPSA) is 125 Å². The van der Waals surface area contributed by atoms with Crippen molar-refractivity contribution in [1.29, 1.82) is 0 Å². The Bertz CT molecular complexity index is 1840. The van der Waals surface area contributed by atoms with E-state index in [0.717, 1.165) is 0 Å². The van der Waals surface area contributed by atoms with Crippen LogP contribution in [0.1, 0.15) is 34.0 Å². The average Bonchev–Trinajstić information content (AvgIpc) is 3.46. The third kappa shape index (κ3) is 4.17. The van der Waals surface area contributed by atoms with Crippen molar-refractivity contribution in [3.63, 3.8) is 0 Å². The maximum atomic E-state index is 13.6. The number of benzene rings is 3. The van der Waals surface area contributed by atoms with Gasteiger partial charge in [0.15, 0.2) is 11.5 Å². The number of carboxylic acid groups (broad SMARTS) is 1. The molecular weight excluding hydrogens is 516 g/mol. The number of carboxylic acids is 1. The van der Waals surface area contributed by atoms with E-state index in [1.165, 1.54) is 32.6 Å².